The highest BCUT2D eigenvalue weighted by Gasteiger charge is 2.27. The number of hydrogen-bond acceptors (Lipinski definition) is 3. The van der Waals surface area contributed by atoms with Crippen LogP contribution in [0.1, 0.15) is 36.5 Å². The van der Waals surface area contributed by atoms with Crippen molar-refractivity contribution in [3.8, 4) is 5.75 Å². The van der Waals surface area contributed by atoms with E-state index in [-0.39, 0.29) is 11.7 Å². The molecule has 2 aromatic rings. The number of aromatic hydroxyl groups is 1. The molecule has 2 heterocycles. The van der Waals surface area contributed by atoms with Crippen molar-refractivity contribution >= 4 is 23.2 Å². The van der Waals surface area contributed by atoms with E-state index in [0.29, 0.717) is 10.0 Å². The van der Waals surface area contributed by atoms with Crippen LogP contribution in [0.3, 0.4) is 0 Å². The Balaban J connectivity index is 1.97. The second-order valence-electron chi connectivity index (χ2n) is 5.02. The van der Waals surface area contributed by atoms with Crippen LogP contribution in [0.2, 0.25) is 10.0 Å². The van der Waals surface area contributed by atoms with Gasteiger partial charge in [-0.15, -0.1) is 10.2 Å². The molecule has 3 rings (SSSR count). The maximum Gasteiger partial charge on any atom is 0.133 e. The normalized spacial score (nSPS) is 18.1. The summed E-state index contributed by atoms with van der Waals surface area (Å²) in [4.78, 5) is 0. The summed E-state index contributed by atoms with van der Waals surface area (Å²) in [5.74, 6) is 2.30. The van der Waals surface area contributed by atoms with Gasteiger partial charge in [0.25, 0.3) is 0 Å². The zero-order valence-corrected chi connectivity index (χ0v) is 12.6. The molecule has 0 spiro atoms. The van der Waals surface area contributed by atoms with Crippen molar-refractivity contribution < 1.29 is 5.11 Å². The number of phenolic OH excluding ortho intramolecular Hbond substituents is 1. The summed E-state index contributed by atoms with van der Waals surface area (Å²) < 4.78 is 2.16. The summed E-state index contributed by atoms with van der Waals surface area (Å²) in [6.45, 7) is 2.92. The Bertz CT molecular complexity index is 654. The van der Waals surface area contributed by atoms with Crippen LogP contribution in [-0.4, -0.2) is 19.9 Å². The number of aromatic nitrogens is 3. The Kier molecular flexibility index (Phi) is 3.61. The SMILES string of the molecule is CCc1nnc2n1CC[C@H](c1c(O)ccc(Cl)c1Cl)C2. The topological polar surface area (TPSA) is 50.9 Å². The fourth-order valence-corrected chi connectivity index (χ4v) is 3.32. The molecule has 0 radical (unpaired) electrons. The molecule has 106 valence electrons. The molecule has 1 aliphatic heterocycles. The van der Waals surface area contributed by atoms with Gasteiger partial charge in [0, 0.05) is 24.9 Å². The fourth-order valence-electron chi connectivity index (χ4n) is 2.84. The lowest BCUT2D eigenvalue weighted by molar-refractivity contribution is 0.424. The second kappa shape index (κ2) is 5.26. The van der Waals surface area contributed by atoms with Gasteiger partial charge in [0.15, 0.2) is 0 Å². The number of hydrogen-bond donors (Lipinski definition) is 1. The van der Waals surface area contributed by atoms with Crippen molar-refractivity contribution in [2.24, 2.45) is 0 Å². The Morgan fingerprint density at radius 2 is 2.15 bits per heavy atom. The van der Waals surface area contributed by atoms with E-state index >= 15 is 0 Å². The van der Waals surface area contributed by atoms with Crippen molar-refractivity contribution in [1.82, 2.24) is 14.8 Å². The number of rotatable bonds is 2. The van der Waals surface area contributed by atoms with Crippen molar-refractivity contribution in [3.63, 3.8) is 0 Å². The predicted molar refractivity (Wildman–Crippen MR) is 78.6 cm³/mol. The van der Waals surface area contributed by atoms with E-state index < -0.39 is 0 Å². The summed E-state index contributed by atoms with van der Waals surface area (Å²) in [7, 11) is 0. The number of benzene rings is 1. The van der Waals surface area contributed by atoms with Gasteiger partial charge < -0.3 is 9.67 Å². The zero-order chi connectivity index (χ0) is 14.3. The van der Waals surface area contributed by atoms with Crippen LogP contribution in [0.4, 0.5) is 0 Å². The first-order valence-electron chi connectivity index (χ1n) is 6.69. The number of halogens is 2. The van der Waals surface area contributed by atoms with E-state index in [4.69, 9.17) is 23.2 Å². The van der Waals surface area contributed by atoms with Crippen LogP contribution < -0.4 is 0 Å². The monoisotopic (exact) mass is 311 g/mol. The standard InChI is InChI=1S/C14H15Cl2N3O/c1-2-11-17-18-12-7-8(5-6-19(11)12)13-10(20)4-3-9(15)14(13)16/h3-4,8,20H,2,5-7H2,1H3/t8-/m0/s1. The van der Waals surface area contributed by atoms with Crippen LogP contribution in [0.15, 0.2) is 12.1 Å². The molecule has 0 amide bonds. The molecule has 20 heavy (non-hydrogen) atoms. The van der Waals surface area contributed by atoms with Gasteiger partial charge in [0.05, 0.1) is 10.0 Å². The molecule has 1 aromatic carbocycles. The Hall–Kier alpha value is -1.26. The molecular weight excluding hydrogens is 297 g/mol. The van der Waals surface area contributed by atoms with Gasteiger partial charge in [-0.1, -0.05) is 30.1 Å². The second-order valence-corrected chi connectivity index (χ2v) is 5.81. The molecule has 1 aromatic heterocycles. The molecule has 1 aliphatic rings. The van der Waals surface area contributed by atoms with Crippen molar-refractivity contribution in [1.29, 1.82) is 0 Å². The fraction of sp³-hybridized carbons (Fsp3) is 0.429. The Labute approximate surface area is 127 Å². The molecule has 0 unspecified atom stereocenters. The molecule has 0 aliphatic carbocycles. The lowest BCUT2D eigenvalue weighted by Crippen LogP contribution is -2.20. The minimum absolute atomic E-state index is 0.127. The maximum atomic E-state index is 10.1. The smallest absolute Gasteiger partial charge is 0.133 e. The van der Waals surface area contributed by atoms with E-state index in [1.807, 2.05) is 0 Å². The molecule has 1 N–H and O–H groups in total. The minimum atomic E-state index is 0.127. The Morgan fingerprint density at radius 1 is 1.35 bits per heavy atom. The lowest BCUT2D eigenvalue weighted by atomic mass is 9.89. The third-order valence-electron chi connectivity index (χ3n) is 3.87. The van der Waals surface area contributed by atoms with E-state index in [0.717, 1.165) is 43.0 Å². The molecule has 0 saturated carbocycles. The van der Waals surface area contributed by atoms with Gasteiger partial charge in [0.1, 0.15) is 17.4 Å². The maximum absolute atomic E-state index is 10.1. The summed E-state index contributed by atoms with van der Waals surface area (Å²) >= 11 is 12.3. The van der Waals surface area contributed by atoms with Crippen LogP contribution >= 0.6 is 23.2 Å². The predicted octanol–water partition coefficient (Wildman–Crippen LogP) is 3.58. The van der Waals surface area contributed by atoms with Crippen LogP contribution in [0, 0.1) is 0 Å². The van der Waals surface area contributed by atoms with Gasteiger partial charge >= 0.3 is 0 Å². The van der Waals surface area contributed by atoms with Gasteiger partial charge in [-0.3, -0.25) is 0 Å². The summed E-state index contributed by atoms with van der Waals surface area (Å²) in [5, 5.41) is 19.4. The quantitative estimate of drug-likeness (QED) is 0.922. The third kappa shape index (κ3) is 2.17. The average molecular weight is 312 g/mol. The lowest BCUT2D eigenvalue weighted by Gasteiger charge is -2.25. The highest BCUT2D eigenvalue weighted by molar-refractivity contribution is 6.42. The van der Waals surface area contributed by atoms with Gasteiger partial charge in [0.2, 0.25) is 0 Å². The molecule has 0 bridgehead atoms. The molecule has 1 atom stereocenters. The van der Waals surface area contributed by atoms with Gasteiger partial charge in [-0.2, -0.15) is 0 Å². The number of fused-ring (bicyclic) bond motifs is 1. The first kappa shape index (κ1) is 13.7. The average Bonchev–Trinajstić information content (AvgIpc) is 2.86. The zero-order valence-electron chi connectivity index (χ0n) is 11.1. The number of aryl methyl sites for hydroxylation is 1. The summed E-state index contributed by atoms with van der Waals surface area (Å²) in [6.07, 6.45) is 2.49. The first-order valence-corrected chi connectivity index (χ1v) is 7.45. The van der Waals surface area contributed by atoms with E-state index in [1.54, 1.807) is 12.1 Å². The molecule has 0 fully saturated rings. The van der Waals surface area contributed by atoms with E-state index in [9.17, 15) is 5.11 Å². The largest absolute Gasteiger partial charge is 0.508 e. The molecule has 0 saturated heterocycles. The highest BCUT2D eigenvalue weighted by Crippen LogP contribution is 2.41. The first-order chi connectivity index (χ1) is 9.61. The Morgan fingerprint density at radius 3 is 2.90 bits per heavy atom. The van der Waals surface area contributed by atoms with Crippen LogP contribution in [0.5, 0.6) is 5.75 Å². The van der Waals surface area contributed by atoms with Crippen LogP contribution in [0.25, 0.3) is 0 Å². The summed E-state index contributed by atoms with van der Waals surface area (Å²) in [6, 6.07) is 3.21. The molecular formula is C14H15Cl2N3O. The number of nitrogens with zero attached hydrogens (tertiary/aromatic N) is 3. The molecule has 6 heteroatoms. The van der Waals surface area contributed by atoms with E-state index in [1.165, 1.54) is 0 Å². The third-order valence-corrected chi connectivity index (χ3v) is 4.69. The molecule has 4 nitrogen and oxygen atoms in total. The van der Waals surface area contributed by atoms with E-state index in [2.05, 4.69) is 21.7 Å². The van der Waals surface area contributed by atoms with Crippen molar-refractivity contribution in [2.45, 2.75) is 38.6 Å². The number of phenols is 1. The summed E-state index contributed by atoms with van der Waals surface area (Å²) in [5.41, 5.74) is 0.728. The van der Waals surface area contributed by atoms with Gasteiger partial charge in [-0.05, 0) is 24.5 Å². The minimum Gasteiger partial charge on any atom is -0.508 e. The van der Waals surface area contributed by atoms with Crippen molar-refractivity contribution in [2.75, 3.05) is 0 Å². The highest BCUT2D eigenvalue weighted by atomic mass is 35.5. The van der Waals surface area contributed by atoms with Crippen LogP contribution in [-0.2, 0) is 19.4 Å². The van der Waals surface area contributed by atoms with Crippen molar-refractivity contribution in [3.05, 3.63) is 39.4 Å². The van der Waals surface area contributed by atoms with Gasteiger partial charge in [-0.25, -0.2) is 0 Å².